The Morgan fingerprint density at radius 3 is 2.92 bits per heavy atom. The van der Waals surface area contributed by atoms with Gasteiger partial charge < -0.3 is 10.4 Å². The van der Waals surface area contributed by atoms with Gasteiger partial charge >= 0.3 is 5.37 Å². The van der Waals surface area contributed by atoms with E-state index < -0.39 is 5.37 Å². The van der Waals surface area contributed by atoms with E-state index in [1.807, 2.05) is 6.07 Å². The van der Waals surface area contributed by atoms with Gasteiger partial charge in [0.25, 0.3) is 0 Å². The summed E-state index contributed by atoms with van der Waals surface area (Å²) >= 11 is 5.08. The molecule has 0 aromatic heterocycles. The van der Waals surface area contributed by atoms with E-state index in [1.165, 1.54) is 0 Å². The van der Waals surface area contributed by atoms with E-state index in [-0.39, 0.29) is 5.75 Å². The fourth-order valence-electron chi connectivity index (χ4n) is 1.02. The second kappa shape index (κ2) is 4.72. The molecular weight excluding hydrogens is 190 g/mol. The van der Waals surface area contributed by atoms with Crippen LogP contribution in [0, 0.1) is 0 Å². The molecule has 13 heavy (non-hydrogen) atoms. The standard InChI is InChI=1S/C9H10ClNO2/c10-9(13)11-5-4-7-2-1-3-8(12)6-7/h1-3,6,12H,4-5H2,(H,11,13). The monoisotopic (exact) mass is 199 g/mol. The Morgan fingerprint density at radius 2 is 2.31 bits per heavy atom. The first-order chi connectivity index (χ1) is 6.18. The molecule has 0 bridgehead atoms. The Labute approximate surface area is 81.3 Å². The number of phenolic OH excluding ortho intramolecular Hbond substituents is 1. The van der Waals surface area contributed by atoms with E-state index in [9.17, 15) is 4.79 Å². The molecule has 1 amide bonds. The quantitative estimate of drug-likeness (QED) is 0.577. The lowest BCUT2D eigenvalue weighted by Gasteiger charge is -2.01. The fraction of sp³-hybridized carbons (Fsp3) is 0.222. The molecule has 0 fully saturated rings. The van der Waals surface area contributed by atoms with Gasteiger partial charge in [0, 0.05) is 6.54 Å². The molecule has 0 saturated heterocycles. The number of amides is 1. The Hall–Kier alpha value is -1.22. The van der Waals surface area contributed by atoms with Crippen LogP contribution in [0.2, 0.25) is 0 Å². The van der Waals surface area contributed by atoms with E-state index in [4.69, 9.17) is 16.7 Å². The van der Waals surface area contributed by atoms with Crippen molar-refractivity contribution in [1.82, 2.24) is 5.32 Å². The molecular formula is C9H10ClNO2. The molecule has 0 spiro atoms. The van der Waals surface area contributed by atoms with Crippen LogP contribution in [0.4, 0.5) is 4.79 Å². The van der Waals surface area contributed by atoms with Crippen LogP contribution in [0.3, 0.4) is 0 Å². The molecule has 1 aromatic carbocycles. The minimum Gasteiger partial charge on any atom is -0.508 e. The van der Waals surface area contributed by atoms with E-state index in [0.29, 0.717) is 13.0 Å². The smallest absolute Gasteiger partial charge is 0.313 e. The molecule has 0 aliphatic rings. The number of benzene rings is 1. The van der Waals surface area contributed by atoms with Crippen LogP contribution in [0.15, 0.2) is 24.3 Å². The number of rotatable bonds is 3. The molecule has 1 rings (SSSR count). The average Bonchev–Trinajstić information content (AvgIpc) is 2.03. The van der Waals surface area contributed by atoms with Crippen molar-refractivity contribution in [1.29, 1.82) is 0 Å². The van der Waals surface area contributed by atoms with Gasteiger partial charge in [0.1, 0.15) is 5.75 Å². The van der Waals surface area contributed by atoms with E-state index in [0.717, 1.165) is 5.56 Å². The second-order valence-corrected chi connectivity index (χ2v) is 2.96. The van der Waals surface area contributed by atoms with Crippen LogP contribution in [0.1, 0.15) is 5.56 Å². The van der Waals surface area contributed by atoms with Crippen molar-refractivity contribution in [2.75, 3.05) is 6.54 Å². The number of hydrogen-bond acceptors (Lipinski definition) is 2. The Morgan fingerprint density at radius 1 is 1.54 bits per heavy atom. The third kappa shape index (κ3) is 3.80. The number of carbonyl (C=O) groups is 1. The summed E-state index contributed by atoms with van der Waals surface area (Å²) in [6.07, 6.45) is 0.660. The van der Waals surface area contributed by atoms with Gasteiger partial charge in [-0.2, -0.15) is 0 Å². The molecule has 0 unspecified atom stereocenters. The zero-order chi connectivity index (χ0) is 9.68. The highest BCUT2D eigenvalue weighted by Gasteiger charge is 1.96. The van der Waals surface area contributed by atoms with E-state index in [2.05, 4.69) is 5.32 Å². The van der Waals surface area contributed by atoms with Crippen LogP contribution in [-0.4, -0.2) is 17.0 Å². The van der Waals surface area contributed by atoms with Crippen LogP contribution < -0.4 is 5.32 Å². The molecule has 70 valence electrons. The lowest BCUT2D eigenvalue weighted by Crippen LogP contribution is -2.19. The maximum atomic E-state index is 10.3. The van der Waals surface area contributed by atoms with E-state index in [1.54, 1.807) is 18.2 Å². The Balaban J connectivity index is 2.41. The highest BCUT2D eigenvalue weighted by atomic mass is 35.5. The number of phenols is 1. The van der Waals surface area contributed by atoms with Crippen LogP contribution in [0.25, 0.3) is 0 Å². The minimum absolute atomic E-state index is 0.231. The largest absolute Gasteiger partial charge is 0.508 e. The number of aromatic hydroxyl groups is 1. The van der Waals surface area contributed by atoms with Gasteiger partial charge in [-0.1, -0.05) is 12.1 Å². The molecule has 0 aliphatic heterocycles. The fourth-order valence-corrected chi connectivity index (χ4v) is 1.11. The van der Waals surface area contributed by atoms with Crippen LogP contribution >= 0.6 is 11.6 Å². The summed E-state index contributed by atoms with van der Waals surface area (Å²) in [5, 5.41) is 11.0. The summed E-state index contributed by atoms with van der Waals surface area (Å²) in [6, 6.07) is 6.89. The first-order valence-electron chi connectivity index (χ1n) is 3.90. The van der Waals surface area contributed by atoms with Crippen molar-refractivity contribution in [2.24, 2.45) is 0 Å². The van der Waals surface area contributed by atoms with Crippen molar-refractivity contribution in [2.45, 2.75) is 6.42 Å². The van der Waals surface area contributed by atoms with Crippen molar-refractivity contribution < 1.29 is 9.90 Å². The predicted molar refractivity (Wildman–Crippen MR) is 51.1 cm³/mol. The number of hydrogen-bond donors (Lipinski definition) is 2. The van der Waals surface area contributed by atoms with Gasteiger partial charge in [-0.25, -0.2) is 0 Å². The summed E-state index contributed by atoms with van der Waals surface area (Å²) < 4.78 is 0. The zero-order valence-corrected chi connectivity index (χ0v) is 7.71. The lowest BCUT2D eigenvalue weighted by molar-refractivity contribution is 0.260. The third-order valence-electron chi connectivity index (χ3n) is 1.59. The first-order valence-corrected chi connectivity index (χ1v) is 4.27. The molecule has 3 nitrogen and oxygen atoms in total. The van der Waals surface area contributed by atoms with Crippen molar-refractivity contribution in [3.05, 3.63) is 29.8 Å². The molecule has 0 saturated carbocycles. The maximum Gasteiger partial charge on any atom is 0.313 e. The molecule has 0 aliphatic carbocycles. The molecule has 4 heteroatoms. The summed E-state index contributed by atoms with van der Waals surface area (Å²) in [4.78, 5) is 10.3. The van der Waals surface area contributed by atoms with Gasteiger partial charge in [0.05, 0.1) is 0 Å². The minimum atomic E-state index is -0.555. The maximum absolute atomic E-state index is 10.3. The number of carbonyl (C=O) groups excluding carboxylic acids is 1. The van der Waals surface area contributed by atoms with E-state index >= 15 is 0 Å². The average molecular weight is 200 g/mol. The first kappa shape index (κ1) is 9.86. The molecule has 1 aromatic rings. The molecule has 0 heterocycles. The van der Waals surface area contributed by atoms with Crippen molar-refractivity contribution in [3.8, 4) is 5.75 Å². The van der Waals surface area contributed by atoms with Crippen LogP contribution in [-0.2, 0) is 6.42 Å². The Kier molecular flexibility index (Phi) is 3.58. The molecule has 2 N–H and O–H groups in total. The number of halogens is 1. The number of nitrogens with one attached hydrogen (secondary N) is 1. The lowest BCUT2D eigenvalue weighted by atomic mass is 10.1. The Bertz CT molecular complexity index is 301. The van der Waals surface area contributed by atoms with Crippen molar-refractivity contribution in [3.63, 3.8) is 0 Å². The summed E-state index contributed by atoms with van der Waals surface area (Å²) in [5.74, 6) is 0.231. The zero-order valence-electron chi connectivity index (χ0n) is 6.96. The van der Waals surface area contributed by atoms with Crippen LogP contribution in [0.5, 0.6) is 5.75 Å². The highest BCUT2D eigenvalue weighted by Crippen LogP contribution is 2.10. The van der Waals surface area contributed by atoms with Gasteiger partial charge in [0.15, 0.2) is 0 Å². The summed E-state index contributed by atoms with van der Waals surface area (Å²) in [5.41, 5.74) is 0.963. The van der Waals surface area contributed by atoms with Crippen molar-refractivity contribution >= 4 is 17.0 Å². The van der Waals surface area contributed by atoms with Gasteiger partial charge in [-0.05, 0) is 35.7 Å². The SMILES string of the molecule is O=C(Cl)NCCc1cccc(O)c1. The third-order valence-corrected chi connectivity index (χ3v) is 1.72. The molecule has 0 radical (unpaired) electrons. The normalized spacial score (nSPS) is 9.62. The highest BCUT2D eigenvalue weighted by molar-refractivity contribution is 6.62. The summed E-state index contributed by atoms with van der Waals surface area (Å²) in [6.45, 7) is 0.478. The second-order valence-electron chi connectivity index (χ2n) is 2.62. The summed E-state index contributed by atoms with van der Waals surface area (Å²) in [7, 11) is 0. The van der Waals surface area contributed by atoms with Gasteiger partial charge in [-0.3, -0.25) is 4.79 Å². The molecule has 0 atom stereocenters. The topological polar surface area (TPSA) is 49.3 Å². The van der Waals surface area contributed by atoms with Gasteiger partial charge in [0.2, 0.25) is 0 Å². The predicted octanol–water partition coefficient (Wildman–Crippen LogP) is 1.88. The van der Waals surface area contributed by atoms with Gasteiger partial charge in [-0.15, -0.1) is 0 Å².